The van der Waals surface area contributed by atoms with Gasteiger partial charge in [-0.3, -0.25) is 0 Å². The van der Waals surface area contributed by atoms with E-state index < -0.39 is 35.4 Å². The predicted octanol–water partition coefficient (Wildman–Crippen LogP) is 19.7. The van der Waals surface area contributed by atoms with Gasteiger partial charge in [-0.1, -0.05) is 137 Å². The van der Waals surface area contributed by atoms with Crippen LogP contribution in [0.25, 0.3) is 50.1 Å². The fourth-order valence-corrected chi connectivity index (χ4v) is 15.9. The van der Waals surface area contributed by atoms with Crippen LogP contribution in [-0.2, 0) is 49.8 Å². The van der Waals surface area contributed by atoms with Gasteiger partial charge in [-0.05, 0) is 181 Å². The average molecular weight is 1710 g/mol. The molecule has 0 radical (unpaired) electrons. The van der Waals surface area contributed by atoms with Gasteiger partial charge in [-0.25, -0.2) is 33.8 Å². The molecule has 564 valence electrons. The molecule has 11 heterocycles. The fraction of sp³-hybridized carbons (Fsp3) is 0.253. The molecule has 109 heavy (non-hydrogen) atoms. The molecule has 13 aromatic rings. The molecular weight excluding hydrogens is 1630 g/mol. The maximum atomic E-state index is 12.4. The van der Waals surface area contributed by atoms with Crippen molar-refractivity contribution in [1.29, 1.82) is 0 Å². The van der Waals surface area contributed by atoms with E-state index in [1.165, 1.54) is 49.9 Å². The number of nitrogens with one attached hydrogen (secondary N) is 2. The van der Waals surface area contributed by atoms with Crippen molar-refractivity contribution in [3.8, 4) is 28.3 Å². The molecule has 4 N–H and O–H groups in total. The lowest BCUT2D eigenvalue weighted by molar-refractivity contribution is -0.137. The van der Waals surface area contributed by atoms with E-state index in [2.05, 4.69) is 192 Å². The highest BCUT2D eigenvalue weighted by Gasteiger charge is 2.35. The highest BCUT2D eigenvalue weighted by Crippen LogP contribution is 2.42. The minimum atomic E-state index is -4.54. The number of aromatic amines is 2. The number of carbonyl (C=O) groups excluding carboxylic acids is 1. The summed E-state index contributed by atoms with van der Waals surface area (Å²) in [6.07, 6.45) is 5.01. The van der Waals surface area contributed by atoms with Crippen LogP contribution in [0.15, 0.2) is 162 Å². The van der Waals surface area contributed by atoms with Crippen LogP contribution in [0.5, 0.6) is 0 Å². The smallest absolute Gasteiger partial charge is 0.444 e. The molecule has 0 saturated carbocycles. The maximum Gasteiger partial charge on any atom is 0.489 e. The lowest BCUT2D eigenvalue weighted by atomic mass is 9.78. The summed E-state index contributed by atoms with van der Waals surface area (Å²) in [5.74, 6) is 0.403. The van der Waals surface area contributed by atoms with E-state index >= 15 is 0 Å². The molecule has 0 atom stereocenters. The van der Waals surface area contributed by atoms with Gasteiger partial charge in [0.05, 0.1) is 77.1 Å². The Bertz CT molecular complexity index is 5490. The highest BCUT2D eigenvalue weighted by molar-refractivity contribution is 9.10. The Morgan fingerprint density at radius 3 is 1.44 bits per heavy atom. The molecular formula is C79H74BBr2Cl5F4N14O4. The highest BCUT2D eigenvalue weighted by atomic mass is 79.9. The van der Waals surface area contributed by atoms with Crippen LogP contribution in [0.3, 0.4) is 0 Å². The minimum Gasteiger partial charge on any atom is -0.444 e. The number of rotatable bonds is 7. The van der Waals surface area contributed by atoms with Crippen molar-refractivity contribution in [2.45, 2.75) is 113 Å². The molecule has 30 heteroatoms. The quantitative estimate of drug-likeness (QED) is 0.0670. The van der Waals surface area contributed by atoms with Crippen molar-refractivity contribution in [2.75, 3.05) is 29.4 Å². The largest absolute Gasteiger partial charge is 0.489 e. The normalized spacial score (nSPS) is 13.2. The van der Waals surface area contributed by atoms with Gasteiger partial charge in [0.2, 0.25) is 5.95 Å². The summed E-state index contributed by atoms with van der Waals surface area (Å²) in [6, 6.07) is 38.6. The predicted molar refractivity (Wildman–Crippen MR) is 433 cm³/mol. The van der Waals surface area contributed by atoms with Gasteiger partial charge in [0, 0.05) is 122 Å². The summed E-state index contributed by atoms with van der Waals surface area (Å²) in [5.41, 5.74) is 20.5. The van der Waals surface area contributed by atoms with Crippen molar-refractivity contribution in [1.82, 2.24) is 59.2 Å². The van der Waals surface area contributed by atoms with Gasteiger partial charge in [-0.2, -0.15) is 32.9 Å². The number of aryl methyl sites for hydroxylation is 6. The zero-order valence-corrected chi connectivity index (χ0v) is 67.6. The van der Waals surface area contributed by atoms with E-state index in [0.29, 0.717) is 64.0 Å². The number of fused-ring (bicyclic) bond motifs is 5. The first-order chi connectivity index (χ1) is 51.8. The van der Waals surface area contributed by atoms with E-state index in [4.69, 9.17) is 88.1 Å². The molecule has 0 fully saturated rings. The van der Waals surface area contributed by atoms with E-state index in [0.717, 1.165) is 121 Å². The summed E-state index contributed by atoms with van der Waals surface area (Å²) in [5, 5.41) is 36.4. The Hall–Kier alpha value is -8.76. The monoisotopic (exact) mass is 1700 g/mol. The Morgan fingerprint density at radius 2 is 0.963 bits per heavy atom. The molecule has 18 nitrogen and oxygen atoms in total. The zero-order chi connectivity index (χ0) is 78.1. The zero-order valence-electron chi connectivity index (χ0n) is 60.6. The number of hydrogen-bond acceptors (Lipinski definition) is 12. The van der Waals surface area contributed by atoms with Crippen molar-refractivity contribution in [3.05, 3.63) is 265 Å². The number of hydrogen-bond donors (Lipinski definition) is 4. The molecule has 0 bridgehead atoms. The van der Waals surface area contributed by atoms with Crippen molar-refractivity contribution in [2.24, 2.45) is 0 Å². The van der Waals surface area contributed by atoms with E-state index in [-0.39, 0.29) is 6.09 Å². The Morgan fingerprint density at radius 1 is 0.532 bits per heavy atom. The average Bonchev–Trinajstić information content (AvgIpc) is 1.61. The minimum absolute atomic E-state index is 0.273. The molecule has 16 rings (SSSR count). The molecule has 3 aliphatic rings. The summed E-state index contributed by atoms with van der Waals surface area (Å²) in [7, 11) is -1.40. The van der Waals surface area contributed by atoms with Crippen LogP contribution in [0.2, 0.25) is 25.1 Å². The van der Waals surface area contributed by atoms with Gasteiger partial charge < -0.3 is 39.5 Å². The van der Waals surface area contributed by atoms with Gasteiger partial charge in [0.1, 0.15) is 26.4 Å². The SMILES string of the molecule is Cc1cccc(C)c1-n1nc2c(c1-c1cccc3[nH]ccc13)CN(c1ncc(Cl)cc1Cl)CC2.Cc1cccc(C)c1-n1nc2c(c1Br)CN(C(=O)OC(C)(C)C)CC2.Cc1cccc(C)c1-n1nc2c(c1Br)CN(c1ncc(Cl)cc1Cl)CC2.Fc1ncc(C(F)(F)F)cc1Cl.OB(O)c1cccc2[nH]ccc12. The summed E-state index contributed by atoms with van der Waals surface area (Å²) in [6.45, 7) is 22.5. The second-order valence-electron chi connectivity index (χ2n) is 27.5. The number of H-pyrrole nitrogens is 2. The Balaban J connectivity index is 0.000000134. The number of pyridine rings is 3. The number of halogens is 11. The third-order valence-corrected chi connectivity index (χ3v) is 21.5. The van der Waals surface area contributed by atoms with Crippen molar-refractivity contribution in [3.63, 3.8) is 0 Å². The summed E-state index contributed by atoms with van der Waals surface area (Å²) < 4.78 is 61.4. The summed E-state index contributed by atoms with van der Waals surface area (Å²) >= 11 is 37.5. The van der Waals surface area contributed by atoms with Gasteiger partial charge in [0.15, 0.2) is 0 Å². The van der Waals surface area contributed by atoms with Crippen LogP contribution in [0.1, 0.15) is 93.5 Å². The molecule has 1 amide bonds. The molecule has 3 aliphatic heterocycles. The van der Waals surface area contributed by atoms with Gasteiger partial charge >= 0.3 is 19.4 Å². The van der Waals surface area contributed by atoms with Crippen LogP contribution >= 0.6 is 89.9 Å². The summed E-state index contributed by atoms with van der Waals surface area (Å²) in [4.78, 5) is 36.6. The van der Waals surface area contributed by atoms with Crippen LogP contribution in [-0.4, -0.2) is 108 Å². The number of ether oxygens (including phenoxy) is 1. The number of nitrogens with zero attached hydrogens (tertiary/aromatic N) is 12. The molecule has 5 aromatic carbocycles. The first kappa shape index (κ1) is 79.8. The fourth-order valence-electron chi connectivity index (χ4n) is 13.5. The number of carbonyl (C=O) groups is 1. The molecule has 0 unspecified atom stereocenters. The van der Waals surface area contributed by atoms with E-state index in [1.807, 2.05) is 48.5 Å². The van der Waals surface area contributed by atoms with Crippen molar-refractivity contribution >= 4 is 142 Å². The van der Waals surface area contributed by atoms with E-state index in [1.54, 1.807) is 47.8 Å². The molecule has 0 saturated heterocycles. The van der Waals surface area contributed by atoms with Crippen LogP contribution < -0.4 is 15.3 Å². The Kier molecular flexibility index (Phi) is 24.5. The van der Waals surface area contributed by atoms with E-state index in [9.17, 15) is 22.4 Å². The first-order valence-corrected chi connectivity index (χ1v) is 38.1. The molecule has 0 aliphatic carbocycles. The Labute approximate surface area is 669 Å². The van der Waals surface area contributed by atoms with Gasteiger partial charge in [-0.15, -0.1) is 0 Å². The second-order valence-corrected chi connectivity index (χ2v) is 31.1. The van der Waals surface area contributed by atoms with Crippen LogP contribution in [0.4, 0.5) is 34.0 Å². The number of alkyl halides is 3. The molecule has 0 spiro atoms. The molecule has 8 aromatic heterocycles. The first-order valence-electron chi connectivity index (χ1n) is 34.6. The number of para-hydroxylation sites is 3. The number of benzene rings is 5. The third kappa shape index (κ3) is 17.7. The second kappa shape index (κ2) is 33.4. The number of amides is 1. The topological polar surface area (TPSA) is 200 Å². The van der Waals surface area contributed by atoms with Gasteiger partial charge in [0.25, 0.3) is 0 Å². The number of aromatic nitrogens is 11. The maximum absolute atomic E-state index is 12.4. The number of anilines is 2. The lowest BCUT2D eigenvalue weighted by Crippen LogP contribution is -2.39. The third-order valence-electron chi connectivity index (χ3n) is 18.6. The van der Waals surface area contributed by atoms with Crippen LogP contribution in [0, 0.1) is 47.5 Å². The lowest BCUT2D eigenvalue weighted by Gasteiger charge is -2.29. The standard InChI is InChI=1S/C27H23Cl2N5.C19H17BrCl2N4.C19H24BrN3O2.C8H8BNO2.C6H2ClF4N/c1-16-5-3-6-17(2)25(16)34-26(20-7-4-8-23-19(20)9-11-30-23)21-15-33(12-10-24(21)32-34)27-22(29)13-18(28)14-31-27;1-11-4-3-5-12(2)17(11)26-18(20)14-10-25(7-6-16(14)24-26)19-15(22)8-13(21)9-23-19;1-12-7-6-8-13(2)16(12)23-17(20)14-11-22(10-9-15(14)21-23)18(24)25-19(3,4)5;11-9(12)7-2-1-3-8-6(7)4-5-10-8;7-4-1-3(6(9,10)11)2-12-5(4)8/h3-9,11,13-14,30H,10,12,15H2,1-2H3;3-5,8-9H,6-7,10H2,1-2H3;6-8H,9-11H2,1-5H3;1-5,10-12H;1-2H. The van der Waals surface area contributed by atoms with Crippen molar-refractivity contribution < 1.29 is 37.1 Å².